The number of methoxy groups -OCH3 is 1. The van der Waals surface area contributed by atoms with Crippen LogP contribution in [0.5, 0.6) is 11.5 Å². The van der Waals surface area contributed by atoms with Crippen LogP contribution in [0.4, 0.5) is 5.69 Å². The summed E-state index contributed by atoms with van der Waals surface area (Å²) in [5.74, 6) is 2.27. The van der Waals surface area contributed by atoms with E-state index in [1.165, 1.54) is 13.2 Å². The second kappa shape index (κ2) is 9.25. The van der Waals surface area contributed by atoms with E-state index < -0.39 is 0 Å². The Bertz CT molecular complexity index is 1030. The van der Waals surface area contributed by atoms with Gasteiger partial charge in [0.25, 0.3) is 0 Å². The molecule has 3 aromatic rings. The quantitative estimate of drug-likeness (QED) is 0.586. The summed E-state index contributed by atoms with van der Waals surface area (Å²) in [5.41, 5.74) is 1.31. The van der Waals surface area contributed by atoms with Gasteiger partial charge in [-0.25, -0.2) is 9.97 Å². The number of aromatic nitrogens is 3. The summed E-state index contributed by atoms with van der Waals surface area (Å²) >= 11 is 6.23. The van der Waals surface area contributed by atoms with E-state index in [1.54, 1.807) is 36.7 Å². The number of benzene rings is 1. The smallest absolute Gasteiger partial charge is 0.248 e. The number of ether oxygens (including phenoxy) is 2. The lowest BCUT2D eigenvalue weighted by Gasteiger charge is -2.11. The topological polar surface area (TPSA) is 78.3 Å². The number of anilines is 1. The molecule has 2 heterocycles. The third-order valence-electron chi connectivity index (χ3n) is 4.05. The molecule has 8 heteroatoms. The van der Waals surface area contributed by atoms with Crippen molar-refractivity contribution in [3.8, 4) is 17.3 Å². The summed E-state index contributed by atoms with van der Waals surface area (Å²) in [4.78, 5) is 20.8. The largest absolute Gasteiger partial charge is 0.491 e. The van der Waals surface area contributed by atoms with Crippen molar-refractivity contribution in [2.75, 3.05) is 19.0 Å². The molecule has 2 aromatic heterocycles. The molecule has 7 nitrogen and oxygen atoms in total. The van der Waals surface area contributed by atoms with Gasteiger partial charge >= 0.3 is 0 Å². The molecule has 29 heavy (non-hydrogen) atoms. The lowest BCUT2D eigenvalue weighted by atomic mass is 10.2. The monoisotopic (exact) mass is 412 g/mol. The van der Waals surface area contributed by atoms with Crippen molar-refractivity contribution < 1.29 is 14.3 Å². The van der Waals surface area contributed by atoms with E-state index in [2.05, 4.69) is 15.3 Å². The van der Waals surface area contributed by atoms with Crippen LogP contribution < -0.4 is 14.8 Å². The Balaban J connectivity index is 1.69. The fourth-order valence-corrected chi connectivity index (χ4v) is 3.02. The van der Waals surface area contributed by atoms with E-state index in [9.17, 15) is 4.79 Å². The number of hydrogen-bond acceptors (Lipinski definition) is 5. The first-order chi connectivity index (χ1) is 14.0. The van der Waals surface area contributed by atoms with Crippen LogP contribution >= 0.6 is 11.6 Å². The van der Waals surface area contributed by atoms with Crippen LogP contribution in [0.3, 0.4) is 0 Å². The number of pyridine rings is 1. The van der Waals surface area contributed by atoms with Crippen molar-refractivity contribution in [1.29, 1.82) is 0 Å². The summed E-state index contributed by atoms with van der Waals surface area (Å²) in [6.45, 7) is 4.24. The summed E-state index contributed by atoms with van der Waals surface area (Å²) in [6, 6.07) is 7.06. The Morgan fingerprint density at radius 1 is 1.31 bits per heavy atom. The second-order valence-corrected chi connectivity index (χ2v) is 6.45. The number of rotatable bonds is 7. The highest BCUT2D eigenvalue weighted by Gasteiger charge is 2.10. The van der Waals surface area contributed by atoms with Crippen molar-refractivity contribution in [2.24, 2.45) is 0 Å². The van der Waals surface area contributed by atoms with Crippen LogP contribution in [0, 0.1) is 6.92 Å². The van der Waals surface area contributed by atoms with Crippen molar-refractivity contribution in [3.05, 3.63) is 65.3 Å². The number of halogens is 1. The summed E-state index contributed by atoms with van der Waals surface area (Å²) < 4.78 is 12.7. The van der Waals surface area contributed by atoms with Gasteiger partial charge in [0, 0.05) is 18.5 Å². The Morgan fingerprint density at radius 3 is 2.76 bits per heavy atom. The summed E-state index contributed by atoms with van der Waals surface area (Å²) in [5, 5.41) is 3.18. The highest BCUT2D eigenvalue weighted by atomic mass is 35.5. The third kappa shape index (κ3) is 4.94. The molecule has 0 unspecified atom stereocenters. The maximum atomic E-state index is 12.2. The van der Waals surface area contributed by atoms with Crippen molar-refractivity contribution >= 4 is 29.3 Å². The van der Waals surface area contributed by atoms with Gasteiger partial charge in [0.1, 0.15) is 11.6 Å². The average Bonchev–Trinajstić information content (AvgIpc) is 3.13. The van der Waals surface area contributed by atoms with Gasteiger partial charge < -0.3 is 14.8 Å². The molecule has 0 saturated carbocycles. The molecule has 0 aliphatic heterocycles. The molecule has 0 spiro atoms. The molecule has 1 aromatic carbocycles. The Labute approximate surface area is 174 Å². The first kappa shape index (κ1) is 20.4. The van der Waals surface area contributed by atoms with Crippen LogP contribution in [0.25, 0.3) is 11.9 Å². The molecule has 0 saturated heterocycles. The van der Waals surface area contributed by atoms with E-state index in [-0.39, 0.29) is 5.91 Å². The minimum absolute atomic E-state index is 0.289. The van der Waals surface area contributed by atoms with Gasteiger partial charge in [0.05, 0.1) is 30.6 Å². The molecular weight excluding hydrogens is 392 g/mol. The molecule has 0 aliphatic rings. The molecule has 0 bridgehead atoms. The lowest BCUT2D eigenvalue weighted by molar-refractivity contribution is -0.111. The molecular formula is C21H21ClN4O3. The molecule has 150 valence electrons. The van der Waals surface area contributed by atoms with Gasteiger partial charge in [-0.3, -0.25) is 9.36 Å². The predicted octanol–water partition coefficient (Wildman–Crippen LogP) is 4.29. The first-order valence-electron chi connectivity index (χ1n) is 8.97. The van der Waals surface area contributed by atoms with Crippen molar-refractivity contribution in [2.45, 2.75) is 13.8 Å². The van der Waals surface area contributed by atoms with Gasteiger partial charge in [-0.05, 0) is 49.8 Å². The standard InChI is InChI=1S/C21H21ClN4O3/c1-4-29-18-12-15(11-17(22)21(18)28-3)5-8-20(27)25-16-6-7-19(24-13-16)26-10-9-23-14(26)2/h5-13H,4H2,1-3H3,(H,25,27)/b8-5+. The second-order valence-electron chi connectivity index (χ2n) is 6.04. The minimum Gasteiger partial charge on any atom is -0.491 e. The van der Waals surface area contributed by atoms with E-state index in [0.717, 1.165) is 17.2 Å². The summed E-state index contributed by atoms with van der Waals surface area (Å²) in [7, 11) is 1.53. The minimum atomic E-state index is -0.289. The Hall–Kier alpha value is -3.32. The van der Waals surface area contributed by atoms with E-state index in [4.69, 9.17) is 21.1 Å². The van der Waals surface area contributed by atoms with Crippen molar-refractivity contribution in [3.63, 3.8) is 0 Å². The van der Waals surface area contributed by atoms with Gasteiger partial charge in [-0.2, -0.15) is 0 Å². The number of aryl methyl sites for hydroxylation is 1. The highest BCUT2D eigenvalue weighted by Crippen LogP contribution is 2.36. The van der Waals surface area contributed by atoms with E-state index >= 15 is 0 Å². The van der Waals surface area contributed by atoms with Gasteiger partial charge in [-0.15, -0.1) is 0 Å². The Morgan fingerprint density at radius 2 is 2.14 bits per heavy atom. The lowest BCUT2D eigenvalue weighted by Crippen LogP contribution is -2.08. The van der Waals surface area contributed by atoms with Crippen LogP contribution in [0.1, 0.15) is 18.3 Å². The molecule has 0 atom stereocenters. The first-order valence-corrected chi connectivity index (χ1v) is 9.35. The fraction of sp³-hybridized carbons (Fsp3) is 0.190. The van der Waals surface area contributed by atoms with Crippen molar-refractivity contribution in [1.82, 2.24) is 14.5 Å². The van der Waals surface area contributed by atoms with Crippen LogP contribution in [0.15, 0.2) is 48.9 Å². The normalized spacial score (nSPS) is 10.9. The van der Waals surface area contributed by atoms with Gasteiger partial charge in [0.15, 0.2) is 11.5 Å². The number of imidazole rings is 1. The zero-order valence-electron chi connectivity index (χ0n) is 16.3. The molecule has 1 amide bonds. The molecule has 0 radical (unpaired) electrons. The maximum absolute atomic E-state index is 12.2. The van der Waals surface area contributed by atoms with Gasteiger partial charge in [0.2, 0.25) is 5.91 Å². The number of nitrogens with zero attached hydrogens (tertiary/aromatic N) is 3. The zero-order valence-corrected chi connectivity index (χ0v) is 17.1. The fourth-order valence-electron chi connectivity index (χ4n) is 2.72. The predicted molar refractivity (Wildman–Crippen MR) is 113 cm³/mol. The van der Waals surface area contributed by atoms with Crippen LogP contribution in [-0.4, -0.2) is 34.2 Å². The maximum Gasteiger partial charge on any atom is 0.248 e. The number of nitrogens with one attached hydrogen (secondary N) is 1. The molecule has 1 N–H and O–H groups in total. The number of amides is 1. The Kier molecular flexibility index (Phi) is 6.51. The van der Waals surface area contributed by atoms with Gasteiger partial charge in [-0.1, -0.05) is 11.6 Å². The number of carbonyl (C=O) groups excluding carboxylic acids is 1. The molecule has 0 aliphatic carbocycles. The molecule has 3 rings (SSSR count). The third-order valence-corrected chi connectivity index (χ3v) is 4.33. The van der Waals surface area contributed by atoms with E-state index in [0.29, 0.717) is 28.8 Å². The number of carbonyl (C=O) groups is 1. The SMILES string of the molecule is CCOc1cc(/C=C/C(=O)Nc2ccc(-n3ccnc3C)nc2)cc(Cl)c1OC. The molecule has 0 fully saturated rings. The number of hydrogen-bond donors (Lipinski definition) is 1. The van der Waals surface area contributed by atoms with E-state index in [1.807, 2.05) is 30.7 Å². The van der Waals surface area contributed by atoms with Crippen LogP contribution in [-0.2, 0) is 4.79 Å². The summed E-state index contributed by atoms with van der Waals surface area (Å²) in [6.07, 6.45) is 8.20. The highest BCUT2D eigenvalue weighted by molar-refractivity contribution is 6.32. The van der Waals surface area contributed by atoms with Crippen LogP contribution in [0.2, 0.25) is 5.02 Å². The average molecular weight is 413 g/mol. The zero-order chi connectivity index (χ0) is 20.8.